The number of hydrogen-bond donors (Lipinski definition) is 1. The molecule has 0 aliphatic carbocycles. The molecule has 0 bridgehead atoms. The van der Waals surface area contributed by atoms with Crippen LogP contribution in [0.25, 0.3) is 0 Å². The van der Waals surface area contributed by atoms with Gasteiger partial charge in [-0.2, -0.15) is 0 Å². The Balaban J connectivity index is 2.14. The van der Waals surface area contributed by atoms with Crippen molar-refractivity contribution >= 4 is 5.97 Å². The second-order valence-electron chi connectivity index (χ2n) is 7.39. The molecule has 0 saturated carbocycles. The van der Waals surface area contributed by atoms with Crippen LogP contribution >= 0.6 is 0 Å². The van der Waals surface area contributed by atoms with Gasteiger partial charge in [-0.3, -0.25) is 9.69 Å². The number of aliphatic carboxylic acids is 1. The van der Waals surface area contributed by atoms with Crippen molar-refractivity contribution in [2.45, 2.75) is 25.8 Å². The van der Waals surface area contributed by atoms with E-state index < -0.39 is 5.97 Å². The van der Waals surface area contributed by atoms with Gasteiger partial charge in [0.2, 0.25) is 5.75 Å². The van der Waals surface area contributed by atoms with Crippen LogP contribution in [0.3, 0.4) is 0 Å². The van der Waals surface area contributed by atoms with Crippen LogP contribution in [0.15, 0.2) is 36.4 Å². The molecule has 6 heteroatoms. The molecule has 1 saturated heterocycles. The summed E-state index contributed by atoms with van der Waals surface area (Å²) in [6.07, 6.45) is 1.56. The third-order valence-corrected chi connectivity index (χ3v) is 5.65. The minimum atomic E-state index is -0.733. The molecule has 1 heterocycles. The number of aryl methyl sites for hydroxylation is 1. The van der Waals surface area contributed by atoms with Gasteiger partial charge in [0.25, 0.3) is 0 Å². The van der Waals surface area contributed by atoms with Crippen LogP contribution in [0.4, 0.5) is 0 Å². The summed E-state index contributed by atoms with van der Waals surface area (Å²) < 4.78 is 16.6. The summed E-state index contributed by atoms with van der Waals surface area (Å²) in [6.45, 7) is 3.42. The molecule has 1 aliphatic heterocycles. The van der Waals surface area contributed by atoms with E-state index in [0.717, 1.165) is 29.7 Å². The predicted octanol–water partition coefficient (Wildman–Crippen LogP) is 3.91. The number of carbonyl (C=O) groups is 1. The van der Waals surface area contributed by atoms with Gasteiger partial charge < -0.3 is 19.3 Å². The highest BCUT2D eigenvalue weighted by Gasteiger charge is 2.33. The van der Waals surface area contributed by atoms with E-state index in [1.54, 1.807) is 21.3 Å². The zero-order valence-corrected chi connectivity index (χ0v) is 17.5. The Morgan fingerprint density at radius 3 is 2.31 bits per heavy atom. The van der Waals surface area contributed by atoms with E-state index >= 15 is 0 Å². The molecular weight excluding hydrogens is 370 g/mol. The molecule has 2 aromatic carbocycles. The van der Waals surface area contributed by atoms with Crippen LogP contribution < -0.4 is 14.2 Å². The van der Waals surface area contributed by atoms with Crippen LogP contribution in [0.5, 0.6) is 17.2 Å². The number of rotatable bonds is 7. The van der Waals surface area contributed by atoms with E-state index in [4.69, 9.17) is 14.2 Å². The van der Waals surface area contributed by atoms with Crippen LogP contribution in [0.2, 0.25) is 0 Å². The quantitative estimate of drug-likeness (QED) is 0.761. The van der Waals surface area contributed by atoms with E-state index in [0.29, 0.717) is 30.2 Å². The fourth-order valence-corrected chi connectivity index (χ4v) is 4.18. The first-order valence-corrected chi connectivity index (χ1v) is 9.82. The Bertz CT molecular complexity index is 841. The summed E-state index contributed by atoms with van der Waals surface area (Å²) in [5.41, 5.74) is 3.29. The second-order valence-corrected chi connectivity index (χ2v) is 7.39. The predicted molar refractivity (Wildman–Crippen MR) is 111 cm³/mol. The van der Waals surface area contributed by atoms with E-state index in [2.05, 4.69) is 24.0 Å². The maximum absolute atomic E-state index is 11.7. The maximum Gasteiger partial charge on any atom is 0.307 e. The van der Waals surface area contributed by atoms with Crippen molar-refractivity contribution < 1.29 is 24.1 Å². The van der Waals surface area contributed by atoms with Gasteiger partial charge in [-0.1, -0.05) is 24.3 Å². The summed E-state index contributed by atoms with van der Waals surface area (Å²) in [5.74, 6) is 0.629. The van der Waals surface area contributed by atoms with Crippen molar-refractivity contribution in [1.29, 1.82) is 0 Å². The number of benzene rings is 2. The number of methoxy groups -OCH3 is 3. The third-order valence-electron chi connectivity index (χ3n) is 5.65. The van der Waals surface area contributed by atoms with Crippen LogP contribution in [-0.4, -0.2) is 50.4 Å². The summed E-state index contributed by atoms with van der Waals surface area (Å²) in [6, 6.07) is 12.0. The van der Waals surface area contributed by atoms with Crippen molar-refractivity contribution in [2.24, 2.45) is 5.92 Å². The molecule has 0 aromatic heterocycles. The lowest BCUT2D eigenvalue weighted by Gasteiger charge is -2.38. The SMILES string of the molecule is COc1cc(C(c2ccccc2C)N2CCCC(C(=O)O)C2)cc(OC)c1OC. The third kappa shape index (κ3) is 4.32. The maximum atomic E-state index is 11.7. The summed E-state index contributed by atoms with van der Waals surface area (Å²) in [5, 5.41) is 9.58. The lowest BCUT2D eigenvalue weighted by Crippen LogP contribution is -2.41. The monoisotopic (exact) mass is 399 g/mol. The molecule has 2 aromatic rings. The molecule has 1 aliphatic rings. The average Bonchev–Trinajstić information content (AvgIpc) is 2.74. The number of likely N-dealkylation sites (tertiary alicyclic amines) is 1. The van der Waals surface area contributed by atoms with Gasteiger partial charge in [-0.05, 0) is 55.1 Å². The molecule has 29 heavy (non-hydrogen) atoms. The molecule has 0 amide bonds. The molecule has 6 nitrogen and oxygen atoms in total. The van der Waals surface area contributed by atoms with E-state index in [1.165, 1.54) is 0 Å². The Kier molecular flexibility index (Phi) is 6.64. The molecule has 1 N–H and O–H groups in total. The Labute approximate surface area is 172 Å². The summed E-state index contributed by atoms with van der Waals surface area (Å²) in [7, 11) is 4.79. The van der Waals surface area contributed by atoms with E-state index in [1.807, 2.05) is 24.3 Å². The minimum Gasteiger partial charge on any atom is -0.493 e. The lowest BCUT2D eigenvalue weighted by molar-refractivity contribution is -0.143. The molecule has 0 spiro atoms. The molecular formula is C23H29NO5. The minimum absolute atomic E-state index is 0.105. The number of carboxylic acid groups (broad SMARTS) is 1. The number of nitrogens with zero attached hydrogens (tertiary/aromatic N) is 1. The number of carboxylic acids is 1. The first-order valence-electron chi connectivity index (χ1n) is 9.82. The zero-order chi connectivity index (χ0) is 21.0. The number of ether oxygens (including phenoxy) is 3. The van der Waals surface area contributed by atoms with Crippen molar-refractivity contribution in [3.05, 3.63) is 53.1 Å². The van der Waals surface area contributed by atoms with Crippen LogP contribution in [0.1, 0.15) is 35.6 Å². The topological polar surface area (TPSA) is 68.2 Å². The number of hydrogen-bond acceptors (Lipinski definition) is 5. The standard InChI is InChI=1S/C23H29NO5/c1-15-8-5-6-10-18(15)21(24-11-7-9-16(14-24)23(25)26)17-12-19(27-2)22(29-4)20(13-17)28-3/h5-6,8,10,12-13,16,21H,7,9,11,14H2,1-4H3,(H,25,26). The Morgan fingerprint density at radius 1 is 1.10 bits per heavy atom. The van der Waals surface area contributed by atoms with Gasteiger partial charge in [0.1, 0.15) is 0 Å². The fourth-order valence-electron chi connectivity index (χ4n) is 4.18. The van der Waals surface area contributed by atoms with Gasteiger partial charge in [-0.15, -0.1) is 0 Å². The lowest BCUT2D eigenvalue weighted by atomic mass is 9.89. The number of piperidine rings is 1. The average molecular weight is 399 g/mol. The van der Waals surface area contributed by atoms with Gasteiger partial charge in [-0.25, -0.2) is 0 Å². The molecule has 2 unspecified atom stereocenters. The smallest absolute Gasteiger partial charge is 0.307 e. The van der Waals surface area contributed by atoms with Gasteiger partial charge >= 0.3 is 5.97 Å². The van der Waals surface area contributed by atoms with Crippen molar-refractivity contribution in [3.8, 4) is 17.2 Å². The highest BCUT2D eigenvalue weighted by molar-refractivity contribution is 5.70. The zero-order valence-electron chi connectivity index (χ0n) is 17.5. The van der Waals surface area contributed by atoms with Crippen LogP contribution in [0, 0.1) is 12.8 Å². The van der Waals surface area contributed by atoms with Crippen molar-refractivity contribution in [2.75, 3.05) is 34.4 Å². The molecule has 2 atom stereocenters. The molecule has 1 fully saturated rings. The van der Waals surface area contributed by atoms with Crippen molar-refractivity contribution in [1.82, 2.24) is 4.90 Å². The fraction of sp³-hybridized carbons (Fsp3) is 0.435. The molecule has 156 valence electrons. The Morgan fingerprint density at radius 2 is 1.76 bits per heavy atom. The van der Waals surface area contributed by atoms with Crippen LogP contribution in [-0.2, 0) is 4.79 Å². The van der Waals surface area contributed by atoms with E-state index in [-0.39, 0.29) is 12.0 Å². The first kappa shape index (κ1) is 21.0. The largest absolute Gasteiger partial charge is 0.493 e. The first-order chi connectivity index (χ1) is 14.0. The Hall–Kier alpha value is -2.73. The molecule has 3 rings (SSSR count). The normalized spacial score (nSPS) is 18.1. The highest BCUT2D eigenvalue weighted by atomic mass is 16.5. The summed E-state index contributed by atoms with van der Waals surface area (Å²) >= 11 is 0. The second kappa shape index (κ2) is 9.18. The van der Waals surface area contributed by atoms with E-state index in [9.17, 15) is 9.90 Å². The molecule has 0 radical (unpaired) electrons. The highest BCUT2D eigenvalue weighted by Crippen LogP contribution is 2.43. The van der Waals surface area contributed by atoms with Gasteiger partial charge in [0, 0.05) is 6.54 Å². The summed E-state index contributed by atoms with van der Waals surface area (Å²) in [4.78, 5) is 13.9. The van der Waals surface area contributed by atoms with Gasteiger partial charge in [0.05, 0.1) is 33.3 Å². The van der Waals surface area contributed by atoms with Gasteiger partial charge in [0.15, 0.2) is 11.5 Å². The van der Waals surface area contributed by atoms with Crippen molar-refractivity contribution in [3.63, 3.8) is 0 Å².